The number of hydrogen-bond acceptors (Lipinski definition) is 5. The molecule has 0 saturated carbocycles. The monoisotopic (exact) mass is 355 g/mol. The van der Waals surface area contributed by atoms with Crippen LogP contribution in [0.25, 0.3) is 22.9 Å². The van der Waals surface area contributed by atoms with E-state index in [0.717, 1.165) is 5.56 Å². The van der Waals surface area contributed by atoms with Crippen LogP contribution in [0.2, 0.25) is 0 Å². The summed E-state index contributed by atoms with van der Waals surface area (Å²) in [6, 6.07) is 9.50. The Morgan fingerprint density at radius 2 is 1.56 bits per heavy atom. The van der Waals surface area contributed by atoms with Gasteiger partial charge in [-0.3, -0.25) is 4.98 Å². The Bertz CT molecular complexity index is 833. The molecule has 0 aliphatic heterocycles. The van der Waals surface area contributed by atoms with E-state index in [1.807, 2.05) is 6.07 Å². The van der Waals surface area contributed by atoms with Gasteiger partial charge < -0.3 is 9.52 Å². The SMILES string of the molecule is Fc1ccc(-c2nnc(-c3cccnc3)o2)cc1.O=C(O)C(F)(F)F. The van der Waals surface area contributed by atoms with Crippen molar-refractivity contribution in [1.82, 2.24) is 15.2 Å². The molecule has 3 aromatic rings. The molecule has 0 saturated heterocycles. The number of halogens is 4. The van der Waals surface area contributed by atoms with Gasteiger partial charge in [-0.15, -0.1) is 10.2 Å². The lowest BCUT2D eigenvalue weighted by atomic mass is 10.2. The van der Waals surface area contributed by atoms with Crippen molar-refractivity contribution in [2.75, 3.05) is 0 Å². The van der Waals surface area contributed by atoms with Crippen molar-refractivity contribution in [3.63, 3.8) is 0 Å². The number of pyridine rings is 1. The smallest absolute Gasteiger partial charge is 0.475 e. The number of hydrogen-bond donors (Lipinski definition) is 1. The van der Waals surface area contributed by atoms with Gasteiger partial charge in [0.1, 0.15) is 5.82 Å². The van der Waals surface area contributed by atoms with Crippen LogP contribution in [0.3, 0.4) is 0 Å². The summed E-state index contributed by atoms with van der Waals surface area (Å²) in [5, 5.41) is 15.0. The number of carboxylic acid groups (broad SMARTS) is 1. The van der Waals surface area contributed by atoms with Gasteiger partial charge in [-0.25, -0.2) is 9.18 Å². The third-order valence-corrected chi connectivity index (χ3v) is 2.67. The molecule has 0 spiro atoms. The van der Waals surface area contributed by atoms with Crippen molar-refractivity contribution in [3.8, 4) is 22.9 Å². The van der Waals surface area contributed by atoms with E-state index in [9.17, 15) is 17.6 Å². The number of nitrogens with zero attached hydrogens (tertiary/aromatic N) is 3. The second-order valence-corrected chi connectivity index (χ2v) is 4.46. The topological polar surface area (TPSA) is 89.1 Å². The fourth-order valence-corrected chi connectivity index (χ4v) is 1.54. The van der Waals surface area contributed by atoms with Gasteiger partial charge in [0.05, 0.1) is 5.56 Å². The second kappa shape index (κ2) is 7.51. The van der Waals surface area contributed by atoms with Crippen LogP contribution in [-0.4, -0.2) is 32.4 Å². The van der Waals surface area contributed by atoms with E-state index in [4.69, 9.17) is 14.3 Å². The van der Waals surface area contributed by atoms with Crippen molar-refractivity contribution in [2.45, 2.75) is 6.18 Å². The van der Waals surface area contributed by atoms with Gasteiger partial charge in [0.2, 0.25) is 11.8 Å². The van der Waals surface area contributed by atoms with Gasteiger partial charge in [0.15, 0.2) is 0 Å². The van der Waals surface area contributed by atoms with Crippen molar-refractivity contribution in [3.05, 3.63) is 54.6 Å². The molecule has 1 N–H and O–H groups in total. The number of aliphatic carboxylic acids is 1. The third kappa shape index (κ3) is 5.09. The van der Waals surface area contributed by atoms with Crippen molar-refractivity contribution >= 4 is 5.97 Å². The molecular formula is C15H9F4N3O3. The summed E-state index contributed by atoms with van der Waals surface area (Å²) in [4.78, 5) is 12.9. The van der Waals surface area contributed by atoms with Crippen LogP contribution in [-0.2, 0) is 4.79 Å². The lowest BCUT2D eigenvalue weighted by Gasteiger charge is -1.94. The van der Waals surface area contributed by atoms with Gasteiger partial charge in [-0.05, 0) is 36.4 Å². The first-order valence-electron chi connectivity index (χ1n) is 6.57. The summed E-state index contributed by atoms with van der Waals surface area (Å²) < 4.78 is 50.0. The maximum atomic E-state index is 12.8. The first kappa shape index (κ1) is 18.0. The highest BCUT2D eigenvalue weighted by molar-refractivity contribution is 5.73. The Morgan fingerprint density at radius 1 is 1.00 bits per heavy atom. The quantitative estimate of drug-likeness (QED) is 0.707. The Balaban J connectivity index is 0.000000277. The van der Waals surface area contributed by atoms with Crippen molar-refractivity contribution in [1.29, 1.82) is 0 Å². The molecule has 0 fully saturated rings. The van der Waals surface area contributed by atoms with Crippen LogP contribution in [0.1, 0.15) is 0 Å². The Hall–Kier alpha value is -3.30. The standard InChI is InChI=1S/C13H8FN3O.C2HF3O2/c14-11-5-3-9(4-6-11)12-16-17-13(18-12)10-2-1-7-15-8-10;3-2(4,5)1(6)7/h1-8H;(H,6,7). The predicted octanol–water partition coefficient (Wildman–Crippen LogP) is 3.57. The maximum Gasteiger partial charge on any atom is 0.490 e. The Morgan fingerprint density at radius 3 is 2.04 bits per heavy atom. The average molecular weight is 355 g/mol. The highest BCUT2D eigenvalue weighted by atomic mass is 19.4. The summed E-state index contributed by atoms with van der Waals surface area (Å²) in [5.74, 6) is -2.31. The molecule has 2 aromatic heterocycles. The molecule has 0 radical (unpaired) electrons. The van der Waals surface area contributed by atoms with Gasteiger partial charge in [0, 0.05) is 18.0 Å². The molecule has 1 aromatic carbocycles. The minimum absolute atomic E-state index is 0.300. The number of aromatic nitrogens is 3. The molecule has 0 aliphatic carbocycles. The van der Waals surface area contributed by atoms with E-state index in [1.165, 1.54) is 12.1 Å². The molecule has 10 heteroatoms. The predicted molar refractivity (Wildman–Crippen MR) is 76.6 cm³/mol. The van der Waals surface area contributed by atoms with Crippen LogP contribution < -0.4 is 0 Å². The summed E-state index contributed by atoms with van der Waals surface area (Å²) >= 11 is 0. The lowest BCUT2D eigenvalue weighted by Crippen LogP contribution is -2.21. The zero-order valence-corrected chi connectivity index (χ0v) is 12.2. The Kier molecular flexibility index (Phi) is 5.42. The number of alkyl halides is 3. The second-order valence-electron chi connectivity index (χ2n) is 4.46. The van der Waals surface area contributed by atoms with E-state index in [2.05, 4.69) is 15.2 Å². The molecule has 6 nitrogen and oxygen atoms in total. The molecule has 0 atom stereocenters. The van der Waals surface area contributed by atoms with Gasteiger partial charge >= 0.3 is 12.1 Å². The van der Waals surface area contributed by atoms with Gasteiger partial charge in [0.25, 0.3) is 0 Å². The molecule has 130 valence electrons. The largest absolute Gasteiger partial charge is 0.490 e. The number of carbonyl (C=O) groups is 1. The van der Waals surface area contributed by atoms with Gasteiger partial charge in [-0.1, -0.05) is 0 Å². The van der Waals surface area contributed by atoms with Crippen LogP contribution >= 0.6 is 0 Å². The highest BCUT2D eigenvalue weighted by Gasteiger charge is 2.38. The zero-order valence-electron chi connectivity index (χ0n) is 12.2. The summed E-state index contributed by atoms with van der Waals surface area (Å²) in [5.41, 5.74) is 1.43. The fraction of sp³-hybridized carbons (Fsp3) is 0.0667. The molecule has 0 bridgehead atoms. The first-order chi connectivity index (χ1) is 11.8. The average Bonchev–Trinajstić information content (AvgIpc) is 3.06. The lowest BCUT2D eigenvalue weighted by molar-refractivity contribution is -0.192. The molecule has 0 aliphatic rings. The summed E-state index contributed by atoms with van der Waals surface area (Å²) in [6.45, 7) is 0. The zero-order chi connectivity index (χ0) is 18.4. The Labute approximate surface area is 137 Å². The van der Waals surface area contributed by atoms with E-state index in [1.54, 1.807) is 30.6 Å². The van der Waals surface area contributed by atoms with Crippen molar-refractivity contribution in [2.24, 2.45) is 0 Å². The molecule has 25 heavy (non-hydrogen) atoms. The van der Waals surface area contributed by atoms with E-state index in [-0.39, 0.29) is 5.82 Å². The number of rotatable bonds is 2. The maximum absolute atomic E-state index is 12.8. The number of benzene rings is 1. The summed E-state index contributed by atoms with van der Waals surface area (Å²) in [7, 11) is 0. The number of carboxylic acids is 1. The fourth-order valence-electron chi connectivity index (χ4n) is 1.54. The highest BCUT2D eigenvalue weighted by Crippen LogP contribution is 2.23. The summed E-state index contributed by atoms with van der Waals surface area (Å²) in [6.07, 6.45) is -1.78. The van der Waals surface area contributed by atoms with E-state index >= 15 is 0 Å². The van der Waals surface area contributed by atoms with Crippen LogP contribution in [0.15, 0.2) is 53.2 Å². The molecule has 0 unspecified atom stereocenters. The van der Waals surface area contributed by atoms with Crippen LogP contribution in [0, 0.1) is 5.82 Å². The van der Waals surface area contributed by atoms with Crippen molar-refractivity contribution < 1.29 is 31.9 Å². The normalized spacial score (nSPS) is 10.7. The van der Waals surface area contributed by atoms with Crippen LogP contribution in [0.5, 0.6) is 0 Å². The molecule has 2 heterocycles. The molecule has 3 rings (SSSR count). The van der Waals surface area contributed by atoms with E-state index in [0.29, 0.717) is 17.3 Å². The third-order valence-electron chi connectivity index (χ3n) is 2.67. The minimum atomic E-state index is -5.08. The van der Waals surface area contributed by atoms with E-state index < -0.39 is 12.1 Å². The van der Waals surface area contributed by atoms with Crippen LogP contribution in [0.4, 0.5) is 17.6 Å². The first-order valence-corrected chi connectivity index (χ1v) is 6.57. The van der Waals surface area contributed by atoms with Gasteiger partial charge in [-0.2, -0.15) is 13.2 Å². The molecule has 0 amide bonds. The minimum Gasteiger partial charge on any atom is -0.475 e. The molecular weight excluding hydrogens is 346 g/mol.